The Labute approximate surface area is 157 Å². The molecule has 0 spiro atoms. The summed E-state index contributed by atoms with van der Waals surface area (Å²) in [4.78, 5) is 20.8. The number of rotatable bonds is 7. The van der Waals surface area contributed by atoms with Crippen molar-refractivity contribution in [1.29, 1.82) is 0 Å². The fourth-order valence-electron chi connectivity index (χ4n) is 2.54. The van der Waals surface area contributed by atoms with Gasteiger partial charge in [0, 0.05) is 31.5 Å². The van der Waals surface area contributed by atoms with Crippen LogP contribution in [0.4, 0.5) is 16.3 Å². The van der Waals surface area contributed by atoms with E-state index in [1.807, 2.05) is 54.2 Å². The highest BCUT2D eigenvalue weighted by Gasteiger charge is 2.06. The van der Waals surface area contributed by atoms with Crippen LogP contribution in [0.5, 0.6) is 5.75 Å². The monoisotopic (exact) mass is 366 g/mol. The average Bonchev–Trinajstić information content (AvgIpc) is 3.20. The minimum Gasteiger partial charge on any atom is -0.495 e. The van der Waals surface area contributed by atoms with E-state index in [4.69, 9.17) is 4.74 Å². The number of hydrogen-bond acceptors (Lipinski definition) is 5. The Kier molecular flexibility index (Phi) is 5.88. The predicted molar refractivity (Wildman–Crippen MR) is 105 cm³/mol. The lowest BCUT2D eigenvalue weighted by molar-refractivity contribution is 0.252. The molecule has 0 saturated heterocycles. The Bertz CT molecular complexity index is 895. The van der Waals surface area contributed by atoms with Crippen LogP contribution in [0.1, 0.15) is 5.82 Å². The van der Waals surface area contributed by atoms with Crippen LogP contribution < -0.4 is 20.7 Å². The number of carbonyl (C=O) groups excluding carboxylic acids is 1. The zero-order valence-corrected chi connectivity index (χ0v) is 15.3. The molecular weight excluding hydrogens is 344 g/mol. The van der Waals surface area contributed by atoms with Crippen LogP contribution in [0.3, 0.4) is 0 Å². The third-order valence-electron chi connectivity index (χ3n) is 3.77. The molecule has 0 radical (unpaired) electrons. The van der Waals surface area contributed by atoms with Crippen LogP contribution in [-0.4, -0.2) is 40.8 Å². The van der Waals surface area contributed by atoms with Crippen molar-refractivity contribution in [1.82, 2.24) is 19.9 Å². The molecule has 2 heterocycles. The summed E-state index contributed by atoms with van der Waals surface area (Å²) in [7, 11) is 1.56. The zero-order chi connectivity index (χ0) is 19.1. The number of aryl methyl sites for hydroxylation is 1. The summed E-state index contributed by atoms with van der Waals surface area (Å²) in [5.74, 6) is 2.78. The Morgan fingerprint density at radius 3 is 2.67 bits per heavy atom. The van der Waals surface area contributed by atoms with Gasteiger partial charge in [0.2, 0.25) is 0 Å². The van der Waals surface area contributed by atoms with Crippen molar-refractivity contribution >= 4 is 17.5 Å². The lowest BCUT2D eigenvalue weighted by atomic mass is 10.3. The summed E-state index contributed by atoms with van der Waals surface area (Å²) in [6, 6.07) is 12.7. The van der Waals surface area contributed by atoms with E-state index in [1.165, 1.54) is 0 Å². The number of carbonyl (C=O) groups is 1. The van der Waals surface area contributed by atoms with Crippen molar-refractivity contribution in [2.24, 2.45) is 0 Å². The van der Waals surface area contributed by atoms with E-state index in [-0.39, 0.29) is 6.03 Å². The molecule has 27 heavy (non-hydrogen) atoms. The van der Waals surface area contributed by atoms with Gasteiger partial charge in [0.25, 0.3) is 0 Å². The molecule has 0 atom stereocenters. The van der Waals surface area contributed by atoms with E-state index >= 15 is 0 Å². The number of urea groups is 1. The van der Waals surface area contributed by atoms with Gasteiger partial charge in [-0.2, -0.15) is 0 Å². The van der Waals surface area contributed by atoms with Gasteiger partial charge in [-0.1, -0.05) is 12.1 Å². The molecule has 8 nitrogen and oxygen atoms in total. The minimum absolute atomic E-state index is 0.298. The molecule has 140 valence electrons. The topological polar surface area (TPSA) is 93.1 Å². The number of ether oxygens (including phenoxy) is 1. The largest absolute Gasteiger partial charge is 0.495 e. The minimum atomic E-state index is -0.298. The number of nitrogens with one attached hydrogen (secondary N) is 3. The summed E-state index contributed by atoms with van der Waals surface area (Å²) in [6.07, 6.45) is 3.85. The SMILES string of the molecule is COc1ccccc1NC(=O)NCCNc1cc(-n2cccc2)nc(C)n1. The Hall–Kier alpha value is -3.55. The summed E-state index contributed by atoms with van der Waals surface area (Å²) < 4.78 is 7.13. The first kappa shape index (κ1) is 18.2. The van der Waals surface area contributed by atoms with E-state index in [1.54, 1.807) is 19.2 Å². The van der Waals surface area contributed by atoms with Crippen molar-refractivity contribution in [2.45, 2.75) is 6.92 Å². The molecule has 3 N–H and O–H groups in total. The van der Waals surface area contributed by atoms with Crippen molar-refractivity contribution in [3.63, 3.8) is 0 Å². The maximum Gasteiger partial charge on any atom is 0.319 e. The van der Waals surface area contributed by atoms with Gasteiger partial charge in [0.15, 0.2) is 0 Å². The highest BCUT2D eigenvalue weighted by Crippen LogP contribution is 2.22. The summed E-state index contributed by atoms with van der Waals surface area (Å²) in [5, 5.41) is 8.76. The van der Waals surface area contributed by atoms with E-state index < -0.39 is 0 Å². The molecule has 0 aliphatic carbocycles. The zero-order valence-electron chi connectivity index (χ0n) is 15.3. The fraction of sp³-hybridized carbons (Fsp3) is 0.211. The second-order valence-corrected chi connectivity index (χ2v) is 5.76. The number of benzene rings is 1. The molecule has 3 aromatic rings. The van der Waals surface area contributed by atoms with Crippen LogP contribution in [0, 0.1) is 6.92 Å². The first-order valence-corrected chi connectivity index (χ1v) is 8.56. The van der Waals surface area contributed by atoms with Crippen LogP contribution in [0.25, 0.3) is 5.82 Å². The number of methoxy groups -OCH3 is 1. The summed E-state index contributed by atoms with van der Waals surface area (Å²) in [6.45, 7) is 2.81. The van der Waals surface area contributed by atoms with Gasteiger partial charge < -0.3 is 25.3 Å². The Morgan fingerprint density at radius 2 is 1.89 bits per heavy atom. The van der Waals surface area contributed by atoms with Gasteiger partial charge in [-0.25, -0.2) is 14.8 Å². The third kappa shape index (κ3) is 4.97. The molecule has 0 bridgehead atoms. The highest BCUT2D eigenvalue weighted by molar-refractivity contribution is 5.90. The normalized spacial score (nSPS) is 10.3. The maximum absolute atomic E-state index is 12.0. The van der Waals surface area contributed by atoms with E-state index in [0.717, 1.165) is 5.82 Å². The second-order valence-electron chi connectivity index (χ2n) is 5.76. The van der Waals surface area contributed by atoms with Crippen LogP contribution >= 0.6 is 0 Å². The number of anilines is 2. The van der Waals surface area contributed by atoms with Gasteiger partial charge in [-0.15, -0.1) is 0 Å². The number of hydrogen-bond donors (Lipinski definition) is 3. The van der Waals surface area contributed by atoms with Crippen molar-refractivity contribution in [2.75, 3.05) is 30.8 Å². The third-order valence-corrected chi connectivity index (χ3v) is 3.77. The molecule has 2 aromatic heterocycles. The number of nitrogens with zero attached hydrogens (tertiary/aromatic N) is 3. The molecule has 8 heteroatoms. The second kappa shape index (κ2) is 8.70. The first-order chi connectivity index (χ1) is 13.2. The molecule has 0 unspecified atom stereocenters. The highest BCUT2D eigenvalue weighted by atomic mass is 16.5. The molecule has 0 fully saturated rings. The standard InChI is InChI=1S/C19H22N6O2/c1-14-22-17(13-18(23-14)25-11-5-6-12-25)20-9-10-21-19(26)24-15-7-3-4-8-16(15)27-2/h3-8,11-13H,9-10H2,1-2H3,(H,20,22,23)(H2,21,24,26). The predicted octanol–water partition coefficient (Wildman–Crippen LogP) is 2.82. The van der Waals surface area contributed by atoms with Crippen molar-refractivity contribution in [3.8, 4) is 11.6 Å². The van der Waals surface area contributed by atoms with Gasteiger partial charge >= 0.3 is 6.03 Å². The van der Waals surface area contributed by atoms with Crippen molar-refractivity contribution < 1.29 is 9.53 Å². The molecular formula is C19H22N6O2. The molecule has 0 aliphatic rings. The van der Waals surface area contributed by atoms with Gasteiger partial charge in [-0.05, 0) is 31.2 Å². The van der Waals surface area contributed by atoms with Crippen LogP contribution in [-0.2, 0) is 0 Å². The van der Waals surface area contributed by atoms with Gasteiger partial charge in [0.1, 0.15) is 23.2 Å². The molecule has 0 aliphatic heterocycles. The summed E-state index contributed by atoms with van der Waals surface area (Å²) in [5.41, 5.74) is 0.619. The van der Waals surface area contributed by atoms with E-state index in [0.29, 0.717) is 36.2 Å². The smallest absolute Gasteiger partial charge is 0.319 e. The van der Waals surface area contributed by atoms with Gasteiger partial charge in [-0.3, -0.25) is 0 Å². The number of para-hydroxylation sites is 2. The quantitative estimate of drug-likeness (QED) is 0.559. The fourth-order valence-corrected chi connectivity index (χ4v) is 2.54. The molecule has 3 rings (SSSR count). The average molecular weight is 366 g/mol. The lowest BCUT2D eigenvalue weighted by Crippen LogP contribution is -2.32. The maximum atomic E-state index is 12.0. The molecule has 2 amide bonds. The summed E-state index contributed by atoms with van der Waals surface area (Å²) >= 11 is 0. The Balaban J connectivity index is 1.49. The van der Waals surface area contributed by atoms with Crippen LogP contribution in [0.2, 0.25) is 0 Å². The Morgan fingerprint density at radius 1 is 1.11 bits per heavy atom. The number of amides is 2. The lowest BCUT2D eigenvalue weighted by Gasteiger charge is -2.12. The van der Waals surface area contributed by atoms with Crippen molar-refractivity contribution in [3.05, 3.63) is 60.7 Å². The van der Waals surface area contributed by atoms with E-state index in [2.05, 4.69) is 25.9 Å². The molecule has 0 saturated carbocycles. The van der Waals surface area contributed by atoms with E-state index in [9.17, 15) is 4.79 Å². The number of aromatic nitrogens is 3. The first-order valence-electron chi connectivity index (χ1n) is 8.56. The van der Waals surface area contributed by atoms with Crippen LogP contribution in [0.15, 0.2) is 54.9 Å². The molecule has 1 aromatic carbocycles. The van der Waals surface area contributed by atoms with Gasteiger partial charge in [0.05, 0.1) is 12.8 Å².